The molecule has 0 aliphatic carbocycles. The number of ether oxygens (including phenoxy) is 6. The van der Waals surface area contributed by atoms with Crippen LogP contribution >= 0.6 is 0 Å². The summed E-state index contributed by atoms with van der Waals surface area (Å²) in [6.45, 7) is 0.393. The number of benzene rings is 2. The standard InChI is InChI=1S/C24H22N2O10/c27-21(11-31-23(29)15-1-3-17-19(9-15)35-13-33-17)25-5-7-26(8-6-25)22(28)12-32-24(30)16-2-4-18-20(10-16)36-14-34-18/h1-4,9-10H,5-8,11-14H2. The highest BCUT2D eigenvalue weighted by atomic mass is 16.7. The summed E-state index contributed by atoms with van der Waals surface area (Å²) in [6, 6.07) is 9.26. The average molecular weight is 498 g/mol. The Morgan fingerprint density at radius 3 is 1.42 bits per heavy atom. The van der Waals surface area contributed by atoms with E-state index in [1.807, 2.05) is 0 Å². The normalized spacial score (nSPS) is 15.4. The van der Waals surface area contributed by atoms with Crippen LogP contribution in [0, 0.1) is 0 Å². The molecule has 0 bridgehead atoms. The number of carbonyl (C=O) groups is 4. The third kappa shape index (κ3) is 4.97. The van der Waals surface area contributed by atoms with Crippen molar-refractivity contribution in [2.24, 2.45) is 0 Å². The van der Waals surface area contributed by atoms with Crippen molar-refractivity contribution in [1.82, 2.24) is 9.80 Å². The number of nitrogens with zero attached hydrogens (tertiary/aromatic N) is 2. The predicted octanol–water partition coefficient (Wildman–Crippen LogP) is 0.829. The van der Waals surface area contributed by atoms with E-state index in [0.717, 1.165) is 0 Å². The van der Waals surface area contributed by atoms with Gasteiger partial charge in [0.15, 0.2) is 36.2 Å². The number of esters is 2. The summed E-state index contributed by atoms with van der Waals surface area (Å²) in [5, 5.41) is 0. The fourth-order valence-corrected chi connectivity index (χ4v) is 3.86. The van der Waals surface area contributed by atoms with E-state index < -0.39 is 25.2 Å². The van der Waals surface area contributed by atoms with Crippen molar-refractivity contribution in [1.29, 1.82) is 0 Å². The molecule has 36 heavy (non-hydrogen) atoms. The molecule has 2 aromatic carbocycles. The molecule has 2 amide bonds. The minimum atomic E-state index is -0.653. The number of hydrogen-bond donors (Lipinski definition) is 0. The number of fused-ring (bicyclic) bond motifs is 2. The lowest BCUT2D eigenvalue weighted by Gasteiger charge is -2.34. The van der Waals surface area contributed by atoms with Gasteiger partial charge >= 0.3 is 11.9 Å². The van der Waals surface area contributed by atoms with E-state index in [1.165, 1.54) is 34.1 Å². The van der Waals surface area contributed by atoms with Crippen LogP contribution in [0.15, 0.2) is 36.4 Å². The van der Waals surface area contributed by atoms with Crippen LogP contribution in [0.2, 0.25) is 0 Å². The lowest BCUT2D eigenvalue weighted by Crippen LogP contribution is -2.52. The first-order chi connectivity index (χ1) is 17.5. The summed E-state index contributed by atoms with van der Waals surface area (Å²) in [6.07, 6.45) is 0. The second-order valence-electron chi connectivity index (χ2n) is 8.05. The minimum Gasteiger partial charge on any atom is -0.454 e. The predicted molar refractivity (Wildman–Crippen MR) is 119 cm³/mol. The SMILES string of the molecule is O=C(OCC(=O)N1CCN(C(=O)COC(=O)c2ccc3c(c2)OCO3)CC1)c1ccc2c(c1)OCO2. The van der Waals surface area contributed by atoms with Crippen molar-refractivity contribution in [2.75, 3.05) is 53.0 Å². The fourth-order valence-electron chi connectivity index (χ4n) is 3.86. The molecule has 3 heterocycles. The number of amides is 2. The van der Waals surface area contributed by atoms with Gasteiger partial charge in [-0.3, -0.25) is 9.59 Å². The first-order valence-corrected chi connectivity index (χ1v) is 11.2. The fraction of sp³-hybridized carbons (Fsp3) is 0.333. The number of carbonyl (C=O) groups excluding carboxylic acids is 4. The van der Waals surface area contributed by atoms with Gasteiger partial charge < -0.3 is 38.2 Å². The summed E-state index contributed by atoms with van der Waals surface area (Å²) >= 11 is 0. The second-order valence-corrected chi connectivity index (χ2v) is 8.05. The largest absolute Gasteiger partial charge is 0.454 e. The van der Waals surface area contributed by atoms with Crippen LogP contribution in [0.5, 0.6) is 23.0 Å². The van der Waals surface area contributed by atoms with Gasteiger partial charge in [0.05, 0.1) is 11.1 Å². The van der Waals surface area contributed by atoms with Crippen molar-refractivity contribution < 1.29 is 47.6 Å². The molecule has 12 nitrogen and oxygen atoms in total. The first-order valence-electron chi connectivity index (χ1n) is 11.2. The maximum Gasteiger partial charge on any atom is 0.338 e. The third-order valence-electron chi connectivity index (χ3n) is 5.86. The topological polar surface area (TPSA) is 130 Å². The van der Waals surface area contributed by atoms with Gasteiger partial charge in [0.1, 0.15) is 0 Å². The molecular weight excluding hydrogens is 476 g/mol. The quantitative estimate of drug-likeness (QED) is 0.528. The molecule has 5 rings (SSSR count). The zero-order valence-electron chi connectivity index (χ0n) is 19.1. The van der Waals surface area contributed by atoms with Crippen molar-refractivity contribution in [3.05, 3.63) is 47.5 Å². The molecule has 0 saturated carbocycles. The van der Waals surface area contributed by atoms with Crippen molar-refractivity contribution in [2.45, 2.75) is 0 Å². The van der Waals surface area contributed by atoms with Gasteiger partial charge in [-0.1, -0.05) is 0 Å². The van der Waals surface area contributed by atoms with E-state index in [2.05, 4.69) is 0 Å². The van der Waals surface area contributed by atoms with Crippen molar-refractivity contribution in [3.8, 4) is 23.0 Å². The third-order valence-corrected chi connectivity index (χ3v) is 5.86. The van der Waals surface area contributed by atoms with Crippen LogP contribution < -0.4 is 18.9 Å². The van der Waals surface area contributed by atoms with Crippen LogP contribution in [-0.4, -0.2) is 86.5 Å². The van der Waals surface area contributed by atoms with Gasteiger partial charge in [-0.05, 0) is 36.4 Å². The lowest BCUT2D eigenvalue weighted by molar-refractivity contribution is -0.142. The second kappa shape index (κ2) is 10.0. The first kappa shape index (κ1) is 23.3. The molecule has 3 aliphatic heterocycles. The molecule has 188 valence electrons. The number of hydrogen-bond acceptors (Lipinski definition) is 10. The average Bonchev–Trinajstić information content (AvgIpc) is 3.58. The lowest BCUT2D eigenvalue weighted by atomic mass is 10.2. The van der Waals surface area contributed by atoms with Crippen LogP contribution in [0.3, 0.4) is 0 Å². The van der Waals surface area contributed by atoms with Crippen LogP contribution in [-0.2, 0) is 19.1 Å². The molecule has 0 spiro atoms. The zero-order chi connectivity index (χ0) is 25.1. The van der Waals surface area contributed by atoms with E-state index in [1.54, 1.807) is 12.1 Å². The Labute approximate surface area is 205 Å². The Kier molecular flexibility index (Phi) is 6.48. The molecule has 0 aromatic heterocycles. The number of rotatable bonds is 6. The van der Waals surface area contributed by atoms with E-state index in [-0.39, 0.29) is 62.7 Å². The van der Waals surface area contributed by atoms with E-state index >= 15 is 0 Å². The molecule has 12 heteroatoms. The van der Waals surface area contributed by atoms with E-state index in [0.29, 0.717) is 23.0 Å². The van der Waals surface area contributed by atoms with Crippen molar-refractivity contribution in [3.63, 3.8) is 0 Å². The Morgan fingerprint density at radius 2 is 1.00 bits per heavy atom. The van der Waals surface area contributed by atoms with Crippen LogP contribution in [0.25, 0.3) is 0 Å². The van der Waals surface area contributed by atoms with Gasteiger partial charge in [-0.15, -0.1) is 0 Å². The summed E-state index contributed by atoms with van der Waals surface area (Å²) in [5.74, 6) is -0.0814. The number of piperazine rings is 1. The zero-order valence-corrected chi connectivity index (χ0v) is 19.1. The maximum absolute atomic E-state index is 12.5. The highest BCUT2D eigenvalue weighted by molar-refractivity contribution is 5.93. The van der Waals surface area contributed by atoms with Gasteiger partial charge in [-0.2, -0.15) is 0 Å². The van der Waals surface area contributed by atoms with Gasteiger partial charge in [-0.25, -0.2) is 9.59 Å². The van der Waals surface area contributed by atoms with E-state index in [9.17, 15) is 19.2 Å². The van der Waals surface area contributed by atoms with E-state index in [4.69, 9.17) is 28.4 Å². The monoisotopic (exact) mass is 498 g/mol. The van der Waals surface area contributed by atoms with Gasteiger partial charge in [0.2, 0.25) is 13.6 Å². The molecule has 0 N–H and O–H groups in total. The maximum atomic E-state index is 12.5. The van der Waals surface area contributed by atoms with Crippen LogP contribution in [0.1, 0.15) is 20.7 Å². The highest BCUT2D eigenvalue weighted by Gasteiger charge is 2.26. The molecular formula is C24H22N2O10. The smallest absolute Gasteiger partial charge is 0.338 e. The molecule has 1 saturated heterocycles. The Morgan fingerprint density at radius 1 is 0.611 bits per heavy atom. The molecule has 0 unspecified atom stereocenters. The summed E-state index contributed by atoms with van der Waals surface area (Å²) in [5.41, 5.74) is 0.496. The molecule has 0 radical (unpaired) electrons. The Hall–Kier alpha value is -4.48. The summed E-state index contributed by atoms with van der Waals surface area (Å²) in [7, 11) is 0. The molecule has 3 aliphatic rings. The van der Waals surface area contributed by atoms with Gasteiger partial charge in [0.25, 0.3) is 11.8 Å². The molecule has 2 aromatic rings. The van der Waals surface area contributed by atoms with Crippen molar-refractivity contribution >= 4 is 23.8 Å². The summed E-state index contributed by atoms with van der Waals surface area (Å²) < 4.78 is 31.1. The Bertz CT molecular complexity index is 1110. The Balaban J connectivity index is 1.04. The van der Waals surface area contributed by atoms with Crippen LogP contribution in [0.4, 0.5) is 0 Å². The highest BCUT2D eigenvalue weighted by Crippen LogP contribution is 2.33. The summed E-state index contributed by atoms with van der Waals surface area (Å²) in [4.78, 5) is 52.5. The molecule has 0 atom stereocenters. The van der Waals surface area contributed by atoms with Gasteiger partial charge in [0, 0.05) is 26.2 Å². The molecule has 1 fully saturated rings. The minimum absolute atomic E-state index is 0.0864.